The van der Waals surface area contributed by atoms with Gasteiger partial charge in [-0.1, -0.05) is 30.3 Å². The Kier molecular flexibility index (Phi) is 3.51. The van der Waals surface area contributed by atoms with Crippen LogP contribution in [0.15, 0.2) is 73.3 Å². The van der Waals surface area contributed by atoms with E-state index in [2.05, 4.69) is 4.98 Å². The minimum Gasteiger partial charge on any atom is -0.304 e. The molecule has 0 saturated heterocycles. The second kappa shape index (κ2) is 5.63. The molecule has 3 rings (SSSR count). The fourth-order valence-corrected chi connectivity index (χ4v) is 2.34. The van der Waals surface area contributed by atoms with Crippen LogP contribution in [-0.4, -0.2) is 15.5 Å². The summed E-state index contributed by atoms with van der Waals surface area (Å²) < 4.78 is 1.90. The highest BCUT2D eigenvalue weighted by atomic mass is 16.2. The standard InChI is InChI=1S/C17H15N3O/c1-14(21)20(15-7-3-2-4-8-15)17-10-6-5-9-16(17)19-12-11-18-13-19/h2-13H,1H3. The summed E-state index contributed by atoms with van der Waals surface area (Å²) in [4.78, 5) is 17.9. The number of benzene rings is 2. The molecule has 0 radical (unpaired) electrons. The number of hydrogen-bond acceptors (Lipinski definition) is 2. The van der Waals surface area contributed by atoms with Gasteiger partial charge in [0, 0.05) is 25.0 Å². The molecule has 1 heterocycles. The molecule has 0 atom stereocenters. The highest BCUT2D eigenvalue weighted by Gasteiger charge is 2.17. The third-order valence-electron chi connectivity index (χ3n) is 3.23. The molecule has 0 spiro atoms. The van der Waals surface area contributed by atoms with E-state index in [9.17, 15) is 4.79 Å². The van der Waals surface area contributed by atoms with Crippen LogP contribution >= 0.6 is 0 Å². The molecular formula is C17H15N3O. The van der Waals surface area contributed by atoms with E-state index in [4.69, 9.17) is 0 Å². The maximum Gasteiger partial charge on any atom is 0.228 e. The fraction of sp³-hybridized carbons (Fsp3) is 0.0588. The van der Waals surface area contributed by atoms with Gasteiger partial charge in [0.1, 0.15) is 0 Å². The number of aromatic nitrogens is 2. The van der Waals surface area contributed by atoms with Gasteiger partial charge in [0.15, 0.2) is 0 Å². The van der Waals surface area contributed by atoms with Crippen molar-refractivity contribution in [3.8, 4) is 5.69 Å². The van der Waals surface area contributed by atoms with E-state index >= 15 is 0 Å². The van der Waals surface area contributed by atoms with Gasteiger partial charge >= 0.3 is 0 Å². The smallest absolute Gasteiger partial charge is 0.228 e. The topological polar surface area (TPSA) is 38.1 Å². The molecule has 2 aromatic carbocycles. The molecule has 0 unspecified atom stereocenters. The second-order valence-electron chi connectivity index (χ2n) is 4.65. The monoisotopic (exact) mass is 277 g/mol. The van der Waals surface area contributed by atoms with Crippen LogP contribution in [-0.2, 0) is 4.79 Å². The van der Waals surface area contributed by atoms with Crippen molar-refractivity contribution in [2.45, 2.75) is 6.92 Å². The number of amides is 1. The first-order valence-corrected chi connectivity index (χ1v) is 6.70. The molecule has 3 aromatic rings. The van der Waals surface area contributed by atoms with Gasteiger partial charge in [0.05, 0.1) is 17.7 Å². The summed E-state index contributed by atoms with van der Waals surface area (Å²) in [5.41, 5.74) is 2.58. The van der Waals surface area contributed by atoms with E-state index in [1.807, 2.05) is 65.4 Å². The van der Waals surface area contributed by atoms with Gasteiger partial charge in [-0.15, -0.1) is 0 Å². The number of imidazole rings is 1. The Morgan fingerprint density at radius 1 is 1.05 bits per heavy atom. The molecule has 0 fully saturated rings. The van der Waals surface area contributed by atoms with Crippen molar-refractivity contribution in [3.63, 3.8) is 0 Å². The molecule has 0 saturated carbocycles. The molecule has 4 nitrogen and oxygen atoms in total. The van der Waals surface area contributed by atoms with E-state index in [1.165, 1.54) is 0 Å². The maximum atomic E-state index is 12.2. The zero-order chi connectivity index (χ0) is 14.7. The first kappa shape index (κ1) is 13.1. The van der Waals surface area contributed by atoms with Crippen molar-refractivity contribution in [2.24, 2.45) is 0 Å². The van der Waals surface area contributed by atoms with E-state index in [-0.39, 0.29) is 5.91 Å². The van der Waals surface area contributed by atoms with Crippen LogP contribution in [0.3, 0.4) is 0 Å². The van der Waals surface area contributed by atoms with Crippen molar-refractivity contribution >= 4 is 17.3 Å². The predicted molar refractivity (Wildman–Crippen MR) is 82.8 cm³/mol. The second-order valence-corrected chi connectivity index (χ2v) is 4.65. The van der Waals surface area contributed by atoms with Gasteiger partial charge < -0.3 is 4.57 Å². The zero-order valence-electron chi connectivity index (χ0n) is 11.7. The molecule has 0 bridgehead atoms. The number of nitrogens with zero attached hydrogens (tertiary/aromatic N) is 3. The highest BCUT2D eigenvalue weighted by molar-refractivity contribution is 6.00. The average Bonchev–Trinajstić information content (AvgIpc) is 3.03. The molecule has 0 aliphatic rings. The number of carbonyl (C=O) groups is 1. The zero-order valence-corrected chi connectivity index (χ0v) is 11.7. The Labute approximate surface area is 123 Å². The van der Waals surface area contributed by atoms with Crippen LogP contribution in [0.4, 0.5) is 11.4 Å². The molecular weight excluding hydrogens is 262 g/mol. The van der Waals surface area contributed by atoms with Crippen LogP contribution < -0.4 is 4.90 Å². The molecule has 4 heteroatoms. The first-order chi connectivity index (χ1) is 10.3. The lowest BCUT2D eigenvalue weighted by molar-refractivity contribution is -0.115. The fourth-order valence-electron chi connectivity index (χ4n) is 2.34. The van der Waals surface area contributed by atoms with Crippen molar-refractivity contribution < 1.29 is 4.79 Å². The highest BCUT2D eigenvalue weighted by Crippen LogP contribution is 2.30. The summed E-state index contributed by atoms with van der Waals surface area (Å²) in [5.74, 6) is -0.0336. The van der Waals surface area contributed by atoms with Gasteiger partial charge in [0.2, 0.25) is 5.91 Å². The van der Waals surface area contributed by atoms with Gasteiger partial charge in [0.25, 0.3) is 0 Å². The van der Waals surface area contributed by atoms with Crippen molar-refractivity contribution in [1.29, 1.82) is 0 Å². The molecule has 0 aliphatic heterocycles. The normalized spacial score (nSPS) is 10.3. The van der Waals surface area contributed by atoms with Crippen molar-refractivity contribution in [1.82, 2.24) is 9.55 Å². The number of carbonyl (C=O) groups excluding carboxylic acids is 1. The largest absolute Gasteiger partial charge is 0.304 e. The Hall–Kier alpha value is -2.88. The summed E-state index contributed by atoms with van der Waals surface area (Å²) in [6, 6.07) is 17.4. The Morgan fingerprint density at radius 3 is 2.43 bits per heavy atom. The Morgan fingerprint density at radius 2 is 1.76 bits per heavy atom. The molecule has 21 heavy (non-hydrogen) atoms. The third kappa shape index (κ3) is 2.56. The van der Waals surface area contributed by atoms with Crippen LogP contribution in [0.25, 0.3) is 5.69 Å². The van der Waals surface area contributed by atoms with Gasteiger partial charge in [-0.25, -0.2) is 4.98 Å². The van der Waals surface area contributed by atoms with Gasteiger partial charge in [-0.2, -0.15) is 0 Å². The number of anilines is 2. The summed E-state index contributed by atoms with van der Waals surface area (Å²) in [5, 5.41) is 0. The van der Waals surface area contributed by atoms with Crippen LogP contribution in [0, 0.1) is 0 Å². The van der Waals surface area contributed by atoms with Crippen LogP contribution in [0.5, 0.6) is 0 Å². The molecule has 0 N–H and O–H groups in total. The number of rotatable bonds is 3. The minimum atomic E-state index is -0.0336. The van der Waals surface area contributed by atoms with E-state index in [1.54, 1.807) is 24.3 Å². The van der Waals surface area contributed by atoms with Crippen LogP contribution in [0.2, 0.25) is 0 Å². The summed E-state index contributed by atoms with van der Waals surface area (Å²) in [6.07, 6.45) is 5.31. The molecule has 1 aromatic heterocycles. The van der Waals surface area contributed by atoms with E-state index in [0.29, 0.717) is 0 Å². The third-order valence-corrected chi connectivity index (χ3v) is 3.23. The summed E-state index contributed by atoms with van der Waals surface area (Å²) in [7, 11) is 0. The lowest BCUT2D eigenvalue weighted by atomic mass is 10.2. The Bertz CT molecular complexity index is 736. The number of para-hydroxylation sites is 3. The summed E-state index contributed by atoms with van der Waals surface area (Å²) >= 11 is 0. The lowest BCUT2D eigenvalue weighted by Gasteiger charge is -2.24. The molecule has 0 aliphatic carbocycles. The van der Waals surface area contributed by atoms with Gasteiger partial charge in [-0.3, -0.25) is 9.69 Å². The van der Waals surface area contributed by atoms with Gasteiger partial charge in [-0.05, 0) is 24.3 Å². The van der Waals surface area contributed by atoms with E-state index in [0.717, 1.165) is 17.1 Å². The quantitative estimate of drug-likeness (QED) is 0.734. The SMILES string of the molecule is CC(=O)N(c1ccccc1)c1ccccc1-n1ccnc1. The minimum absolute atomic E-state index is 0.0336. The first-order valence-electron chi connectivity index (χ1n) is 6.70. The molecule has 104 valence electrons. The van der Waals surface area contributed by atoms with Crippen molar-refractivity contribution in [3.05, 3.63) is 73.3 Å². The van der Waals surface area contributed by atoms with Crippen molar-refractivity contribution in [2.75, 3.05) is 4.90 Å². The number of hydrogen-bond donors (Lipinski definition) is 0. The van der Waals surface area contributed by atoms with Crippen LogP contribution in [0.1, 0.15) is 6.92 Å². The average molecular weight is 277 g/mol. The molecule has 1 amide bonds. The Balaban J connectivity index is 2.16. The lowest BCUT2D eigenvalue weighted by Crippen LogP contribution is -2.23. The maximum absolute atomic E-state index is 12.2. The van der Waals surface area contributed by atoms with E-state index < -0.39 is 0 Å². The predicted octanol–water partition coefficient (Wildman–Crippen LogP) is 3.56. The summed E-state index contributed by atoms with van der Waals surface area (Å²) in [6.45, 7) is 1.57.